The number of hydrogen-bond donors (Lipinski definition) is 1. The number of hydrogen-bond acceptors (Lipinski definition) is 2. The average molecular weight is 328 g/mol. The number of halogens is 1. The van der Waals surface area contributed by atoms with Crippen molar-refractivity contribution in [3.05, 3.63) is 34.3 Å². The first-order valence-electron chi connectivity index (χ1n) is 5.96. The van der Waals surface area contributed by atoms with E-state index in [-0.39, 0.29) is 5.78 Å². The lowest BCUT2D eigenvalue weighted by atomic mass is 9.98. The summed E-state index contributed by atoms with van der Waals surface area (Å²) in [6, 6.07) is 6.18. The van der Waals surface area contributed by atoms with Crippen molar-refractivity contribution in [1.29, 1.82) is 0 Å². The molecule has 0 saturated heterocycles. The van der Waals surface area contributed by atoms with Gasteiger partial charge < -0.3 is 5.11 Å². The molecule has 19 heavy (non-hydrogen) atoms. The molecule has 1 aromatic carbocycles. The molecule has 1 rings (SSSR count). The summed E-state index contributed by atoms with van der Waals surface area (Å²) in [6.07, 6.45) is -1.09. The fourth-order valence-corrected chi connectivity index (χ4v) is 2.27. The highest BCUT2D eigenvalue weighted by atomic mass is 79.9. The topological polar surface area (TPSA) is 57.6 Å². The Labute approximate surface area is 121 Å². The first-order valence-corrected chi connectivity index (χ1v) is 6.76. The molecule has 1 N–H and O–H groups in total. The fourth-order valence-electron chi connectivity index (χ4n) is 2.01. The van der Waals surface area contributed by atoms with Crippen LogP contribution in [0.25, 0.3) is 0 Å². The first kappa shape index (κ1) is 15.7. The number of benzene rings is 1. The molecule has 4 nitrogen and oxygen atoms in total. The minimum absolute atomic E-state index is 0.204. The van der Waals surface area contributed by atoms with Gasteiger partial charge in [0.25, 0.3) is 0 Å². The normalized spacial score (nSPS) is 12.9. The molecule has 0 saturated carbocycles. The number of carbonyl (C=O) groups excluding carboxylic acids is 1. The second-order valence-electron chi connectivity index (χ2n) is 5.37. The SMILES string of the molecule is C[C@@H](C(=O)c1ccc(Br)cc1)N(C(=O)O)C(C)(C)C. The lowest BCUT2D eigenvalue weighted by Gasteiger charge is -2.37. The van der Waals surface area contributed by atoms with Crippen molar-refractivity contribution in [2.45, 2.75) is 39.3 Å². The van der Waals surface area contributed by atoms with Gasteiger partial charge in [0.2, 0.25) is 0 Å². The van der Waals surface area contributed by atoms with Crippen LogP contribution in [0, 0.1) is 0 Å². The zero-order chi connectivity index (χ0) is 14.8. The maximum Gasteiger partial charge on any atom is 0.408 e. The van der Waals surface area contributed by atoms with Gasteiger partial charge in [-0.3, -0.25) is 9.69 Å². The van der Waals surface area contributed by atoms with Crippen LogP contribution in [0.2, 0.25) is 0 Å². The average Bonchev–Trinajstić information content (AvgIpc) is 2.26. The van der Waals surface area contributed by atoms with E-state index in [4.69, 9.17) is 0 Å². The quantitative estimate of drug-likeness (QED) is 0.859. The van der Waals surface area contributed by atoms with Gasteiger partial charge >= 0.3 is 6.09 Å². The number of rotatable bonds is 3. The molecular formula is C14H18BrNO3. The maximum absolute atomic E-state index is 12.3. The van der Waals surface area contributed by atoms with Crippen molar-refractivity contribution < 1.29 is 14.7 Å². The van der Waals surface area contributed by atoms with Crippen molar-refractivity contribution in [3.63, 3.8) is 0 Å². The maximum atomic E-state index is 12.3. The molecule has 0 aliphatic rings. The van der Waals surface area contributed by atoms with Crippen LogP contribution < -0.4 is 0 Å². The van der Waals surface area contributed by atoms with Crippen LogP contribution in [-0.4, -0.2) is 33.5 Å². The molecule has 1 aromatic rings. The third kappa shape index (κ3) is 3.80. The summed E-state index contributed by atoms with van der Waals surface area (Å²) in [6.45, 7) is 6.93. The third-order valence-electron chi connectivity index (χ3n) is 2.82. The Balaban J connectivity index is 3.04. The van der Waals surface area contributed by atoms with Crippen molar-refractivity contribution in [2.75, 3.05) is 0 Å². The highest BCUT2D eigenvalue weighted by molar-refractivity contribution is 9.10. The van der Waals surface area contributed by atoms with E-state index in [0.29, 0.717) is 5.56 Å². The number of Topliss-reactive ketones (excluding diaryl/α,β-unsaturated/α-hetero) is 1. The zero-order valence-electron chi connectivity index (χ0n) is 11.5. The number of carbonyl (C=O) groups is 2. The highest BCUT2D eigenvalue weighted by Gasteiger charge is 2.34. The Morgan fingerprint density at radius 3 is 2.05 bits per heavy atom. The van der Waals surface area contributed by atoms with Crippen LogP contribution in [0.15, 0.2) is 28.7 Å². The van der Waals surface area contributed by atoms with E-state index < -0.39 is 17.7 Å². The summed E-state index contributed by atoms with van der Waals surface area (Å²) in [7, 11) is 0. The lowest BCUT2D eigenvalue weighted by Crippen LogP contribution is -2.52. The molecule has 0 fully saturated rings. The molecular weight excluding hydrogens is 310 g/mol. The summed E-state index contributed by atoms with van der Waals surface area (Å²) >= 11 is 3.30. The molecule has 0 unspecified atom stereocenters. The molecule has 104 valence electrons. The van der Waals surface area contributed by atoms with Crippen LogP contribution in [0.1, 0.15) is 38.1 Å². The van der Waals surface area contributed by atoms with Crippen molar-refractivity contribution >= 4 is 27.8 Å². The van der Waals surface area contributed by atoms with Crippen LogP contribution >= 0.6 is 15.9 Å². The Morgan fingerprint density at radius 2 is 1.68 bits per heavy atom. The lowest BCUT2D eigenvalue weighted by molar-refractivity contribution is 0.0589. The molecule has 0 aromatic heterocycles. The van der Waals surface area contributed by atoms with Crippen LogP contribution in [0.5, 0.6) is 0 Å². The molecule has 0 aliphatic heterocycles. The number of ketones is 1. The van der Waals surface area contributed by atoms with Crippen molar-refractivity contribution in [2.24, 2.45) is 0 Å². The van der Waals surface area contributed by atoms with Crippen molar-refractivity contribution in [1.82, 2.24) is 4.90 Å². The molecule has 0 aliphatic carbocycles. The van der Waals surface area contributed by atoms with Crippen LogP contribution in [0.3, 0.4) is 0 Å². The molecule has 1 atom stereocenters. The van der Waals surface area contributed by atoms with Crippen molar-refractivity contribution in [3.8, 4) is 0 Å². The Hall–Kier alpha value is -1.36. The van der Waals surface area contributed by atoms with Gasteiger partial charge in [-0.1, -0.05) is 28.1 Å². The minimum atomic E-state index is -1.09. The van der Waals surface area contributed by atoms with Gasteiger partial charge in [-0.2, -0.15) is 0 Å². The van der Waals surface area contributed by atoms with E-state index >= 15 is 0 Å². The Morgan fingerprint density at radius 1 is 1.21 bits per heavy atom. The van der Waals surface area contributed by atoms with E-state index in [9.17, 15) is 14.7 Å². The summed E-state index contributed by atoms with van der Waals surface area (Å²) in [5.41, 5.74) is -0.123. The first-order chi connectivity index (χ1) is 8.64. The van der Waals surface area contributed by atoms with Gasteiger partial charge in [-0.25, -0.2) is 4.79 Å². The van der Waals surface area contributed by atoms with Crippen LogP contribution in [0.4, 0.5) is 4.79 Å². The minimum Gasteiger partial charge on any atom is -0.465 e. The van der Waals surface area contributed by atoms with E-state index in [2.05, 4.69) is 15.9 Å². The predicted molar refractivity (Wildman–Crippen MR) is 77.6 cm³/mol. The summed E-state index contributed by atoms with van der Waals surface area (Å²) < 4.78 is 0.877. The second kappa shape index (κ2) is 5.74. The molecule has 0 radical (unpaired) electrons. The van der Waals surface area contributed by atoms with Gasteiger partial charge in [-0.15, -0.1) is 0 Å². The summed E-state index contributed by atoms with van der Waals surface area (Å²) in [4.78, 5) is 24.8. The molecule has 1 amide bonds. The number of nitrogens with zero attached hydrogens (tertiary/aromatic N) is 1. The second-order valence-corrected chi connectivity index (χ2v) is 6.29. The molecule has 0 spiro atoms. The van der Waals surface area contributed by atoms with E-state index in [0.717, 1.165) is 4.47 Å². The van der Waals surface area contributed by atoms with Gasteiger partial charge in [0, 0.05) is 15.6 Å². The zero-order valence-corrected chi connectivity index (χ0v) is 13.1. The Bertz CT molecular complexity index is 476. The fraction of sp³-hybridized carbons (Fsp3) is 0.429. The standard InChI is InChI=1S/C14H18BrNO3/c1-9(16(13(18)19)14(2,3)4)12(17)10-5-7-11(15)8-6-10/h5-9H,1-4H3,(H,18,19)/t9-/m0/s1. The number of amides is 1. The largest absolute Gasteiger partial charge is 0.465 e. The monoisotopic (exact) mass is 327 g/mol. The summed E-state index contributed by atoms with van der Waals surface area (Å²) in [5, 5.41) is 9.29. The number of carboxylic acid groups (broad SMARTS) is 1. The molecule has 0 heterocycles. The van der Waals surface area contributed by atoms with E-state index in [1.165, 1.54) is 4.90 Å². The van der Waals surface area contributed by atoms with E-state index in [1.807, 2.05) is 0 Å². The van der Waals surface area contributed by atoms with Gasteiger partial charge in [0.15, 0.2) is 5.78 Å². The van der Waals surface area contributed by atoms with Gasteiger partial charge in [0.1, 0.15) is 0 Å². The molecule has 0 bridgehead atoms. The molecule has 5 heteroatoms. The highest BCUT2D eigenvalue weighted by Crippen LogP contribution is 2.21. The predicted octanol–water partition coefficient (Wildman–Crippen LogP) is 3.80. The van der Waals surface area contributed by atoms with Crippen LogP contribution in [-0.2, 0) is 0 Å². The smallest absolute Gasteiger partial charge is 0.408 e. The Kier molecular flexibility index (Phi) is 4.74. The van der Waals surface area contributed by atoms with Gasteiger partial charge in [0.05, 0.1) is 6.04 Å². The van der Waals surface area contributed by atoms with E-state index in [1.54, 1.807) is 52.0 Å². The third-order valence-corrected chi connectivity index (χ3v) is 3.35. The van der Waals surface area contributed by atoms with Gasteiger partial charge in [-0.05, 0) is 39.8 Å². The summed E-state index contributed by atoms with van der Waals surface area (Å²) in [5.74, 6) is -0.204.